The molecular formula is C12H21N3. The lowest BCUT2D eigenvalue weighted by Gasteiger charge is -2.24. The van der Waals surface area contributed by atoms with Crippen LogP contribution in [0.3, 0.4) is 0 Å². The molecule has 0 aliphatic rings. The van der Waals surface area contributed by atoms with Gasteiger partial charge in [-0.3, -0.25) is 0 Å². The summed E-state index contributed by atoms with van der Waals surface area (Å²) < 4.78 is 0. The summed E-state index contributed by atoms with van der Waals surface area (Å²) in [6.45, 7) is 10.5. The van der Waals surface area contributed by atoms with Crippen LogP contribution in [0.25, 0.3) is 0 Å². The molecule has 0 unspecified atom stereocenters. The van der Waals surface area contributed by atoms with Crippen LogP contribution >= 0.6 is 0 Å². The van der Waals surface area contributed by atoms with E-state index in [1.54, 1.807) is 0 Å². The second kappa shape index (κ2) is 5.01. The maximum atomic E-state index is 5.88. The molecule has 1 heterocycles. The van der Waals surface area contributed by atoms with Gasteiger partial charge in [-0.25, -0.2) is 4.98 Å². The Balaban J connectivity index is 2.87. The third kappa shape index (κ3) is 3.11. The van der Waals surface area contributed by atoms with Crippen molar-refractivity contribution in [2.75, 3.05) is 23.7 Å². The molecular weight excluding hydrogens is 186 g/mol. The molecule has 0 bridgehead atoms. The number of aryl methyl sites for hydroxylation is 1. The number of hydrogen-bond acceptors (Lipinski definition) is 3. The third-order valence-corrected chi connectivity index (χ3v) is 2.42. The normalized spacial score (nSPS) is 10.7. The van der Waals surface area contributed by atoms with Crippen molar-refractivity contribution < 1.29 is 0 Å². The monoisotopic (exact) mass is 207 g/mol. The minimum Gasteiger partial charge on any atom is -0.398 e. The smallest absolute Gasteiger partial charge is 0.130 e. The molecule has 1 rings (SSSR count). The Hall–Kier alpha value is -1.25. The standard InChI is InChI=1S/C12H21N3/c1-5-15(8-9(2)3)12-6-11(13)10(4)7-14-12/h6-7,9H,5,8H2,1-4H3,(H2,13,14). The zero-order chi connectivity index (χ0) is 11.4. The van der Waals surface area contributed by atoms with Crippen LogP contribution in [-0.4, -0.2) is 18.1 Å². The van der Waals surface area contributed by atoms with Crippen molar-refractivity contribution in [3.63, 3.8) is 0 Å². The van der Waals surface area contributed by atoms with Gasteiger partial charge >= 0.3 is 0 Å². The van der Waals surface area contributed by atoms with Gasteiger partial charge in [-0.1, -0.05) is 13.8 Å². The molecule has 0 spiro atoms. The molecule has 3 heteroatoms. The molecule has 0 saturated heterocycles. The van der Waals surface area contributed by atoms with Gasteiger partial charge in [0.2, 0.25) is 0 Å². The lowest BCUT2D eigenvalue weighted by atomic mass is 10.2. The van der Waals surface area contributed by atoms with E-state index in [-0.39, 0.29) is 0 Å². The molecule has 0 aliphatic heterocycles. The number of hydrogen-bond donors (Lipinski definition) is 1. The molecule has 0 aliphatic carbocycles. The van der Waals surface area contributed by atoms with Crippen LogP contribution in [0.5, 0.6) is 0 Å². The first-order valence-corrected chi connectivity index (χ1v) is 5.51. The summed E-state index contributed by atoms with van der Waals surface area (Å²) >= 11 is 0. The maximum Gasteiger partial charge on any atom is 0.130 e. The van der Waals surface area contributed by atoms with Gasteiger partial charge in [-0.2, -0.15) is 0 Å². The topological polar surface area (TPSA) is 42.1 Å². The predicted molar refractivity (Wildman–Crippen MR) is 66.1 cm³/mol. The molecule has 0 amide bonds. The minimum atomic E-state index is 0.634. The molecule has 3 nitrogen and oxygen atoms in total. The molecule has 1 aromatic heterocycles. The number of pyridine rings is 1. The van der Waals surface area contributed by atoms with Crippen LogP contribution < -0.4 is 10.6 Å². The third-order valence-electron chi connectivity index (χ3n) is 2.42. The van der Waals surface area contributed by atoms with E-state index in [1.807, 2.05) is 19.2 Å². The van der Waals surface area contributed by atoms with Crippen LogP contribution in [0.15, 0.2) is 12.3 Å². The predicted octanol–water partition coefficient (Wildman–Crippen LogP) is 2.45. The first-order valence-electron chi connectivity index (χ1n) is 5.51. The van der Waals surface area contributed by atoms with Crippen molar-refractivity contribution in [2.45, 2.75) is 27.7 Å². The van der Waals surface area contributed by atoms with Gasteiger partial charge in [-0.05, 0) is 25.3 Å². The minimum absolute atomic E-state index is 0.634. The van der Waals surface area contributed by atoms with E-state index in [0.29, 0.717) is 5.92 Å². The fraction of sp³-hybridized carbons (Fsp3) is 0.583. The summed E-state index contributed by atoms with van der Waals surface area (Å²) in [5.74, 6) is 1.61. The van der Waals surface area contributed by atoms with Crippen LogP contribution in [0.4, 0.5) is 11.5 Å². The van der Waals surface area contributed by atoms with Gasteiger partial charge in [-0.15, -0.1) is 0 Å². The van der Waals surface area contributed by atoms with E-state index in [0.717, 1.165) is 30.2 Å². The highest BCUT2D eigenvalue weighted by molar-refractivity contribution is 5.54. The lowest BCUT2D eigenvalue weighted by molar-refractivity contribution is 0.614. The lowest BCUT2D eigenvalue weighted by Crippen LogP contribution is -2.28. The van der Waals surface area contributed by atoms with Gasteiger partial charge < -0.3 is 10.6 Å². The summed E-state index contributed by atoms with van der Waals surface area (Å²) in [6.07, 6.45) is 1.84. The van der Waals surface area contributed by atoms with Gasteiger partial charge in [0.15, 0.2) is 0 Å². The summed E-state index contributed by atoms with van der Waals surface area (Å²) in [4.78, 5) is 6.66. The van der Waals surface area contributed by atoms with Gasteiger partial charge in [0.25, 0.3) is 0 Å². The highest BCUT2D eigenvalue weighted by Gasteiger charge is 2.08. The molecule has 2 N–H and O–H groups in total. The largest absolute Gasteiger partial charge is 0.398 e. The average molecular weight is 207 g/mol. The Bertz CT molecular complexity index is 321. The van der Waals surface area contributed by atoms with Crippen molar-refractivity contribution in [3.05, 3.63) is 17.8 Å². The molecule has 0 radical (unpaired) electrons. The van der Waals surface area contributed by atoms with E-state index in [1.165, 1.54) is 0 Å². The zero-order valence-electron chi connectivity index (χ0n) is 10.1. The number of aromatic nitrogens is 1. The Labute approximate surface area is 92.3 Å². The van der Waals surface area contributed by atoms with Crippen molar-refractivity contribution in [1.82, 2.24) is 4.98 Å². The number of nitrogens with zero attached hydrogens (tertiary/aromatic N) is 2. The second-order valence-electron chi connectivity index (χ2n) is 4.33. The number of nitrogens with two attached hydrogens (primary N) is 1. The Morgan fingerprint density at radius 1 is 1.47 bits per heavy atom. The fourth-order valence-corrected chi connectivity index (χ4v) is 1.53. The van der Waals surface area contributed by atoms with E-state index in [9.17, 15) is 0 Å². The van der Waals surface area contributed by atoms with Crippen molar-refractivity contribution in [3.8, 4) is 0 Å². The molecule has 15 heavy (non-hydrogen) atoms. The van der Waals surface area contributed by atoms with Gasteiger partial charge in [0.05, 0.1) is 0 Å². The SMILES string of the molecule is CCN(CC(C)C)c1cc(N)c(C)cn1. The zero-order valence-corrected chi connectivity index (χ0v) is 10.1. The number of nitrogen functional groups attached to an aromatic ring is 1. The highest BCUT2D eigenvalue weighted by atomic mass is 15.2. The first-order chi connectivity index (χ1) is 7.04. The first kappa shape index (κ1) is 11.8. The summed E-state index contributed by atoms with van der Waals surface area (Å²) in [7, 11) is 0. The van der Waals surface area contributed by atoms with E-state index >= 15 is 0 Å². The molecule has 1 aromatic rings. The van der Waals surface area contributed by atoms with Gasteiger partial charge in [0, 0.05) is 31.0 Å². The van der Waals surface area contributed by atoms with Crippen molar-refractivity contribution in [2.24, 2.45) is 5.92 Å². The van der Waals surface area contributed by atoms with Crippen LogP contribution in [0, 0.1) is 12.8 Å². The molecule has 0 fully saturated rings. The van der Waals surface area contributed by atoms with Crippen LogP contribution in [0.1, 0.15) is 26.3 Å². The molecule has 84 valence electrons. The molecule has 0 atom stereocenters. The van der Waals surface area contributed by atoms with Crippen molar-refractivity contribution in [1.29, 1.82) is 0 Å². The number of rotatable bonds is 4. The van der Waals surface area contributed by atoms with E-state index in [2.05, 4.69) is 30.7 Å². The second-order valence-corrected chi connectivity index (χ2v) is 4.33. The van der Waals surface area contributed by atoms with Crippen LogP contribution in [-0.2, 0) is 0 Å². The van der Waals surface area contributed by atoms with E-state index in [4.69, 9.17) is 5.73 Å². The highest BCUT2D eigenvalue weighted by Crippen LogP contribution is 2.18. The molecule has 0 aromatic carbocycles. The van der Waals surface area contributed by atoms with E-state index < -0.39 is 0 Å². The summed E-state index contributed by atoms with van der Waals surface area (Å²) in [6, 6.07) is 1.96. The Kier molecular flexibility index (Phi) is 3.95. The average Bonchev–Trinajstić information content (AvgIpc) is 2.18. The fourth-order valence-electron chi connectivity index (χ4n) is 1.53. The number of anilines is 2. The summed E-state index contributed by atoms with van der Waals surface area (Å²) in [5, 5.41) is 0. The van der Waals surface area contributed by atoms with Crippen molar-refractivity contribution >= 4 is 11.5 Å². The Morgan fingerprint density at radius 3 is 2.60 bits per heavy atom. The summed E-state index contributed by atoms with van der Waals surface area (Å²) in [5.41, 5.74) is 7.74. The van der Waals surface area contributed by atoms with Gasteiger partial charge in [0.1, 0.15) is 5.82 Å². The van der Waals surface area contributed by atoms with Crippen LogP contribution in [0.2, 0.25) is 0 Å². The molecule has 0 saturated carbocycles. The Morgan fingerprint density at radius 2 is 2.13 bits per heavy atom. The quantitative estimate of drug-likeness (QED) is 0.824. The maximum absolute atomic E-state index is 5.88.